The second-order valence-corrected chi connectivity index (χ2v) is 11.0. The van der Waals surface area contributed by atoms with Gasteiger partial charge in [-0.3, -0.25) is 14.5 Å². The van der Waals surface area contributed by atoms with Crippen LogP contribution >= 0.6 is 22.9 Å². The Hall–Kier alpha value is -3.48. The Bertz CT molecular complexity index is 1450. The molecule has 0 radical (unpaired) electrons. The lowest BCUT2D eigenvalue weighted by Crippen LogP contribution is -2.29. The van der Waals surface area contributed by atoms with Gasteiger partial charge in [-0.2, -0.15) is 0 Å². The van der Waals surface area contributed by atoms with Crippen LogP contribution in [0.5, 0.6) is 0 Å². The van der Waals surface area contributed by atoms with Gasteiger partial charge in [-0.1, -0.05) is 80.1 Å². The van der Waals surface area contributed by atoms with Gasteiger partial charge in [0.05, 0.1) is 21.8 Å². The van der Waals surface area contributed by atoms with Crippen LogP contribution in [-0.4, -0.2) is 21.8 Å². The summed E-state index contributed by atoms with van der Waals surface area (Å²) in [7, 11) is 0. The summed E-state index contributed by atoms with van der Waals surface area (Å²) in [5.41, 5.74) is 2.96. The zero-order valence-electron chi connectivity index (χ0n) is 19.4. The zero-order valence-corrected chi connectivity index (χ0v) is 21.0. The largest absolute Gasteiger partial charge is 0.507 e. The minimum absolute atomic E-state index is 0.0279. The fourth-order valence-electron chi connectivity index (χ4n) is 4.24. The molecule has 7 heteroatoms. The van der Waals surface area contributed by atoms with Crippen LogP contribution in [0.15, 0.2) is 78.4 Å². The van der Waals surface area contributed by atoms with Gasteiger partial charge in [0.15, 0.2) is 5.13 Å². The van der Waals surface area contributed by atoms with Crippen molar-refractivity contribution >= 4 is 55.7 Å². The highest BCUT2D eigenvalue weighted by Crippen LogP contribution is 2.44. The summed E-state index contributed by atoms with van der Waals surface area (Å²) in [5.74, 6) is -1.71. The number of aliphatic hydroxyl groups excluding tert-OH is 1. The molecule has 0 saturated carbocycles. The molecule has 1 aliphatic rings. The Labute approximate surface area is 212 Å². The maximum atomic E-state index is 13.4. The highest BCUT2D eigenvalue weighted by atomic mass is 35.5. The molecule has 5 nitrogen and oxygen atoms in total. The topological polar surface area (TPSA) is 70.5 Å². The van der Waals surface area contributed by atoms with Crippen molar-refractivity contribution in [3.05, 3.63) is 100 Å². The Kier molecular flexibility index (Phi) is 5.74. The van der Waals surface area contributed by atoms with Crippen molar-refractivity contribution in [1.29, 1.82) is 0 Å². The predicted octanol–water partition coefficient (Wildman–Crippen LogP) is 6.87. The lowest BCUT2D eigenvalue weighted by Gasteiger charge is -2.24. The van der Waals surface area contributed by atoms with Gasteiger partial charge in [0.1, 0.15) is 5.76 Å². The van der Waals surface area contributed by atoms with E-state index in [9.17, 15) is 14.7 Å². The van der Waals surface area contributed by atoms with E-state index in [0.717, 1.165) is 15.8 Å². The Balaban J connectivity index is 1.71. The average Bonchev–Trinajstić information content (AvgIpc) is 3.37. The van der Waals surface area contributed by atoms with Crippen molar-refractivity contribution in [1.82, 2.24) is 4.98 Å². The molecule has 3 aromatic carbocycles. The molecule has 0 bridgehead atoms. The number of halogens is 1. The first kappa shape index (κ1) is 23.3. The Morgan fingerprint density at radius 3 is 2.26 bits per heavy atom. The second-order valence-electron chi connectivity index (χ2n) is 9.51. The molecule has 1 aliphatic heterocycles. The number of Topliss-reactive ketones (excluding diaryl/α,β-unsaturated/α-hetero) is 1. The van der Waals surface area contributed by atoms with E-state index in [1.807, 2.05) is 48.5 Å². The SMILES string of the molecule is CC(C)(C)c1ccc(C2/C(=C(/O)c3ccc(Cl)cc3)C(=O)C(=O)N2c2nc3ccccc3s2)cc1. The van der Waals surface area contributed by atoms with Gasteiger partial charge in [0.2, 0.25) is 0 Å². The number of nitrogens with zero attached hydrogens (tertiary/aromatic N) is 2. The van der Waals surface area contributed by atoms with Crippen LogP contribution in [0.1, 0.15) is 43.5 Å². The summed E-state index contributed by atoms with van der Waals surface area (Å²) in [5, 5.41) is 12.2. The van der Waals surface area contributed by atoms with Gasteiger partial charge in [0, 0.05) is 10.6 Å². The van der Waals surface area contributed by atoms with E-state index in [1.54, 1.807) is 24.3 Å². The molecule has 0 spiro atoms. The fraction of sp³-hybridized carbons (Fsp3) is 0.179. The molecular formula is C28H23ClN2O3S. The normalized spacial score (nSPS) is 17.9. The smallest absolute Gasteiger partial charge is 0.301 e. The molecule has 5 rings (SSSR count). The molecular weight excluding hydrogens is 480 g/mol. The number of aromatic nitrogens is 1. The minimum Gasteiger partial charge on any atom is -0.507 e. The second kappa shape index (κ2) is 8.63. The number of anilines is 1. The number of carbonyl (C=O) groups excluding carboxylic acids is 2. The van der Waals surface area contributed by atoms with Crippen LogP contribution in [0.4, 0.5) is 5.13 Å². The first-order valence-corrected chi connectivity index (χ1v) is 12.4. The lowest BCUT2D eigenvalue weighted by molar-refractivity contribution is -0.132. The summed E-state index contributed by atoms with van der Waals surface area (Å²) in [6, 6.07) is 21.1. The van der Waals surface area contributed by atoms with Crippen molar-refractivity contribution in [3.8, 4) is 0 Å². The molecule has 1 atom stereocenters. The predicted molar refractivity (Wildman–Crippen MR) is 141 cm³/mol. The van der Waals surface area contributed by atoms with E-state index in [-0.39, 0.29) is 16.7 Å². The van der Waals surface area contributed by atoms with Gasteiger partial charge in [-0.25, -0.2) is 4.98 Å². The van der Waals surface area contributed by atoms with Gasteiger partial charge < -0.3 is 5.11 Å². The van der Waals surface area contributed by atoms with E-state index in [1.165, 1.54) is 16.2 Å². The summed E-state index contributed by atoms with van der Waals surface area (Å²) in [6.45, 7) is 6.36. The van der Waals surface area contributed by atoms with E-state index in [0.29, 0.717) is 21.3 Å². The number of benzene rings is 3. The Morgan fingerprint density at radius 2 is 1.63 bits per heavy atom. The quantitative estimate of drug-likeness (QED) is 0.188. The number of rotatable bonds is 3. The van der Waals surface area contributed by atoms with E-state index in [2.05, 4.69) is 25.8 Å². The molecule has 1 saturated heterocycles. The molecule has 1 amide bonds. The number of carbonyl (C=O) groups is 2. The van der Waals surface area contributed by atoms with Gasteiger partial charge >= 0.3 is 5.91 Å². The fourth-order valence-corrected chi connectivity index (χ4v) is 5.36. The molecule has 1 unspecified atom stereocenters. The number of ketones is 1. The molecule has 35 heavy (non-hydrogen) atoms. The minimum atomic E-state index is -0.819. The molecule has 1 N–H and O–H groups in total. The van der Waals surface area contributed by atoms with Gasteiger partial charge in [-0.05, 0) is 52.9 Å². The number of hydrogen-bond donors (Lipinski definition) is 1. The maximum Gasteiger partial charge on any atom is 0.301 e. The van der Waals surface area contributed by atoms with Crippen LogP contribution in [-0.2, 0) is 15.0 Å². The van der Waals surface area contributed by atoms with Crippen LogP contribution in [0.25, 0.3) is 16.0 Å². The van der Waals surface area contributed by atoms with Crippen LogP contribution < -0.4 is 4.90 Å². The summed E-state index contributed by atoms with van der Waals surface area (Å²) in [4.78, 5) is 32.8. The third-order valence-corrected chi connectivity index (χ3v) is 7.43. The van der Waals surface area contributed by atoms with Crippen LogP contribution in [0.2, 0.25) is 5.02 Å². The monoisotopic (exact) mass is 502 g/mol. The van der Waals surface area contributed by atoms with E-state index >= 15 is 0 Å². The van der Waals surface area contributed by atoms with Crippen molar-refractivity contribution in [3.63, 3.8) is 0 Å². The van der Waals surface area contributed by atoms with Crippen molar-refractivity contribution in [2.45, 2.75) is 32.2 Å². The van der Waals surface area contributed by atoms with Crippen molar-refractivity contribution < 1.29 is 14.7 Å². The van der Waals surface area contributed by atoms with Crippen molar-refractivity contribution in [2.75, 3.05) is 4.90 Å². The average molecular weight is 503 g/mol. The number of hydrogen-bond acceptors (Lipinski definition) is 5. The van der Waals surface area contributed by atoms with Crippen LogP contribution in [0.3, 0.4) is 0 Å². The third-order valence-electron chi connectivity index (χ3n) is 6.14. The number of fused-ring (bicyclic) bond motifs is 1. The summed E-state index contributed by atoms with van der Waals surface area (Å²) in [6.07, 6.45) is 0. The Morgan fingerprint density at radius 1 is 0.971 bits per heavy atom. The standard InChI is InChI=1S/C28H23ClN2O3S/c1-28(2,3)18-12-8-16(9-13-18)23-22(24(32)17-10-14-19(29)15-11-17)25(33)26(34)31(23)27-30-20-6-4-5-7-21(20)35-27/h4-15,23,32H,1-3H3/b24-22-. The first-order valence-electron chi connectivity index (χ1n) is 11.2. The first-order chi connectivity index (χ1) is 16.6. The summed E-state index contributed by atoms with van der Waals surface area (Å²) < 4.78 is 0.906. The molecule has 1 aromatic heterocycles. The highest BCUT2D eigenvalue weighted by Gasteiger charge is 2.48. The molecule has 1 fully saturated rings. The zero-order chi connectivity index (χ0) is 24.9. The summed E-state index contributed by atoms with van der Waals surface area (Å²) >= 11 is 7.35. The third kappa shape index (κ3) is 4.13. The lowest BCUT2D eigenvalue weighted by atomic mass is 9.85. The van der Waals surface area contributed by atoms with Crippen molar-refractivity contribution in [2.24, 2.45) is 0 Å². The highest BCUT2D eigenvalue weighted by molar-refractivity contribution is 7.22. The molecule has 0 aliphatic carbocycles. The molecule has 2 heterocycles. The maximum absolute atomic E-state index is 13.4. The van der Waals surface area contributed by atoms with Crippen LogP contribution in [0, 0.1) is 0 Å². The van der Waals surface area contributed by atoms with E-state index in [4.69, 9.17) is 11.6 Å². The number of thiazole rings is 1. The van der Waals surface area contributed by atoms with Gasteiger partial charge in [-0.15, -0.1) is 0 Å². The molecule has 176 valence electrons. The van der Waals surface area contributed by atoms with Gasteiger partial charge in [0.25, 0.3) is 5.78 Å². The molecule has 4 aromatic rings. The number of para-hydroxylation sites is 1. The number of amides is 1. The number of aliphatic hydroxyl groups is 1. The van der Waals surface area contributed by atoms with E-state index < -0.39 is 17.7 Å².